The van der Waals surface area contributed by atoms with E-state index < -0.39 is 0 Å². The topological polar surface area (TPSA) is 83.5 Å². The number of alkyl halides is 2. The van der Waals surface area contributed by atoms with Gasteiger partial charge in [-0.2, -0.15) is 0 Å². The standard InChI is InChI=1S/C30H48Cl2N4O4/c1-18(2)40-25-16-23(39-3)11-12-24(25)29-34-27(20-5-4-6-22(32)15-20)28(19-7-9-21(31)10-8-19)36(29)30(38)35-14-13-33-26(37)17-35/h18-25,27-28H,4-17H2,1-3H3,(H,33,37)/t19?,20?,21?,22?,23?,24?,25?,27-,28+/m1/s1. The first-order valence-corrected chi connectivity index (χ1v) is 16.5. The van der Waals surface area contributed by atoms with Crippen LogP contribution in [0.5, 0.6) is 0 Å². The molecule has 0 aromatic rings. The molecule has 5 unspecified atom stereocenters. The number of nitrogens with one attached hydrogen (secondary N) is 1. The highest BCUT2D eigenvalue weighted by molar-refractivity contribution is 6.20. The molecule has 3 saturated carbocycles. The lowest BCUT2D eigenvalue weighted by Crippen LogP contribution is -2.60. The lowest BCUT2D eigenvalue weighted by molar-refractivity contribution is -0.123. The number of halogens is 2. The Bertz CT molecular complexity index is 927. The third-order valence-electron chi connectivity index (χ3n) is 9.86. The molecule has 0 bridgehead atoms. The fourth-order valence-electron chi connectivity index (χ4n) is 7.92. The average Bonchev–Trinajstić information content (AvgIpc) is 3.33. The van der Waals surface area contributed by atoms with E-state index in [1.807, 2.05) is 0 Å². The van der Waals surface area contributed by atoms with Gasteiger partial charge in [-0.3, -0.25) is 14.7 Å². The lowest BCUT2D eigenvalue weighted by Gasteiger charge is -2.44. The second-order valence-electron chi connectivity index (χ2n) is 12.9. The number of piperazine rings is 1. The summed E-state index contributed by atoms with van der Waals surface area (Å²) < 4.78 is 12.3. The van der Waals surface area contributed by atoms with Gasteiger partial charge in [-0.05, 0) is 83.5 Å². The highest BCUT2D eigenvalue weighted by Gasteiger charge is 2.52. The summed E-state index contributed by atoms with van der Waals surface area (Å²) in [6.45, 7) is 5.21. The van der Waals surface area contributed by atoms with Gasteiger partial charge >= 0.3 is 6.03 Å². The summed E-state index contributed by atoms with van der Waals surface area (Å²) in [5, 5.41) is 3.22. The number of nitrogens with zero attached hydrogens (tertiary/aromatic N) is 3. The number of amidine groups is 1. The maximum Gasteiger partial charge on any atom is 0.326 e. The molecule has 3 aliphatic carbocycles. The summed E-state index contributed by atoms with van der Waals surface area (Å²) in [6.07, 6.45) is 10.7. The number of aliphatic imine (C=N–C) groups is 1. The zero-order valence-corrected chi connectivity index (χ0v) is 25.9. The van der Waals surface area contributed by atoms with Gasteiger partial charge in [0.2, 0.25) is 5.91 Å². The van der Waals surface area contributed by atoms with Crippen molar-refractivity contribution in [3.63, 3.8) is 0 Å². The molecule has 1 N–H and O–H groups in total. The normalized spacial score (nSPS) is 39.3. The van der Waals surface area contributed by atoms with Crippen LogP contribution in [0.25, 0.3) is 0 Å². The molecule has 0 aromatic heterocycles. The van der Waals surface area contributed by atoms with E-state index >= 15 is 0 Å². The zero-order valence-electron chi connectivity index (χ0n) is 24.4. The molecule has 0 spiro atoms. The minimum atomic E-state index is -0.105. The molecule has 40 heavy (non-hydrogen) atoms. The van der Waals surface area contributed by atoms with Gasteiger partial charge in [0.05, 0.1) is 30.4 Å². The van der Waals surface area contributed by atoms with Crippen molar-refractivity contribution >= 4 is 41.0 Å². The van der Waals surface area contributed by atoms with Crippen molar-refractivity contribution in [1.82, 2.24) is 15.1 Å². The Morgan fingerprint density at radius 2 is 1.77 bits per heavy atom. The highest BCUT2D eigenvalue weighted by Crippen LogP contribution is 2.45. The quantitative estimate of drug-likeness (QED) is 0.426. The van der Waals surface area contributed by atoms with E-state index in [4.69, 9.17) is 37.7 Å². The molecule has 5 aliphatic rings. The van der Waals surface area contributed by atoms with Crippen LogP contribution in [0.4, 0.5) is 4.79 Å². The third kappa shape index (κ3) is 6.76. The van der Waals surface area contributed by atoms with Crippen molar-refractivity contribution in [2.45, 2.75) is 126 Å². The molecule has 5 rings (SSSR count). The molecule has 1 saturated heterocycles. The average molecular weight is 600 g/mol. The lowest BCUT2D eigenvalue weighted by atomic mass is 9.74. The maximum absolute atomic E-state index is 14.5. The summed E-state index contributed by atoms with van der Waals surface area (Å²) in [5.74, 6) is 1.43. The van der Waals surface area contributed by atoms with E-state index in [9.17, 15) is 9.59 Å². The Morgan fingerprint density at radius 1 is 1.00 bits per heavy atom. The van der Waals surface area contributed by atoms with Gasteiger partial charge < -0.3 is 19.7 Å². The van der Waals surface area contributed by atoms with E-state index in [0.29, 0.717) is 24.9 Å². The van der Waals surface area contributed by atoms with E-state index in [1.165, 1.54) is 0 Å². The number of rotatable bonds is 6. The molecule has 7 atom stereocenters. The molecular formula is C30H48Cl2N4O4. The molecule has 0 aromatic carbocycles. The number of carbonyl (C=O) groups is 2. The summed E-state index contributed by atoms with van der Waals surface area (Å²) in [6, 6.07) is -0.108. The van der Waals surface area contributed by atoms with Crippen molar-refractivity contribution in [2.75, 3.05) is 26.7 Å². The molecule has 0 radical (unpaired) electrons. The predicted octanol–water partition coefficient (Wildman–Crippen LogP) is 5.19. The number of amides is 3. The summed E-state index contributed by atoms with van der Waals surface area (Å²) >= 11 is 13.3. The molecule has 10 heteroatoms. The van der Waals surface area contributed by atoms with Crippen LogP contribution in [-0.2, 0) is 14.3 Å². The Balaban J connectivity index is 1.54. The first kappa shape index (κ1) is 30.4. The van der Waals surface area contributed by atoms with Gasteiger partial charge in [0, 0.05) is 43.3 Å². The van der Waals surface area contributed by atoms with Crippen LogP contribution in [0.2, 0.25) is 0 Å². The summed E-state index contributed by atoms with van der Waals surface area (Å²) in [5.41, 5.74) is 0. The second-order valence-corrected chi connectivity index (χ2v) is 14.2. The Kier molecular flexibility index (Phi) is 10.2. The van der Waals surface area contributed by atoms with Gasteiger partial charge in [0.15, 0.2) is 0 Å². The SMILES string of the molecule is COC1CCC(C2=N[C@H](C3CCCC(Cl)C3)[C@H](C3CCC(Cl)CC3)N2C(=O)N2CCNC(=O)C2)C(OC(C)C)C1. The van der Waals surface area contributed by atoms with E-state index in [0.717, 1.165) is 76.5 Å². The van der Waals surface area contributed by atoms with Crippen molar-refractivity contribution in [1.29, 1.82) is 0 Å². The van der Waals surface area contributed by atoms with Crippen molar-refractivity contribution in [3.8, 4) is 0 Å². The smallest absolute Gasteiger partial charge is 0.326 e. The molecule has 226 valence electrons. The third-order valence-corrected chi connectivity index (χ3v) is 10.7. The molecule has 2 heterocycles. The van der Waals surface area contributed by atoms with Crippen LogP contribution >= 0.6 is 23.2 Å². The Morgan fingerprint density at radius 3 is 2.45 bits per heavy atom. The van der Waals surface area contributed by atoms with Gasteiger partial charge in [-0.25, -0.2) is 4.79 Å². The molecule has 4 fully saturated rings. The molecular weight excluding hydrogens is 551 g/mol. The zero-order chi connectivity index (χ0) is 28.4. The van der Waals surface area contributed by atoms with Crippen LogP contribution in [0.1, 0.15) is 84.5 Å². The highest BCUT2D eigenvalue weighted by atomic mass is 35.5. The van der Waals surface area contributed by atoms with Crippen LogP contribution in [0.15, 0.2) is 4.99 Å². The largest absolute Gasteiger partial charge is 0.381 e. The summed E-state index contributed by atoms with van der Waals surface area (Å²) in [4.78, 5) is 36.2. The number of hydrogen-bond acceptors (Lipinski definition) is 5. The van der Waals surface area contributed by atoms with Gasteiger partial charge in [0.1, 0.15) is 12.4 Å². The summed E-state index contributed by atoms with van der Waals surface area (Å²) in [7, 11) is 1.77. The fraction of sp³-hybridized carbons (Fsp3) is 0.900. The van der Waals surface area contributed by atoms with Crippen molar-refractivity contribution < 1.29 is 19.1 Å². The Labute approximate surface area is 249 Å². The van der Waals surface area contributed by atoms with Crippen LogP contribution in [0, 0.1) is 17.8 Å². The monoisotopic (exact) mass is 598 g/mol. The number of hydrogen-bond donors (Lipinski definition) is 1. The minimum absolute atomic E-state index is 0.00335. The Hall–Kier alpha value is -1.09. The minimum Gasteiger partial charge on any atom is -0.381 e. The van der Waals surface area contributed by atoms with Gasteiger partial charge in [-0.1, -0.05) is 6.42 Å². The number of urea groups is 1. The fourth-order valence-corrected chi connectivity index (χ4v) is 8.56. The first-order valence-electron chi connectivity index (χ1n) is 15.6. The molecule has 8 nitrogen and oxygen atoms in total. The van der Waals surface area contributed by atoms with Crippen LogP contribution in [-0.4, -0.2) is 95.5 Å². The number of carbonyl (C=O) groups excluding carboxylic acids is 2. The van der Waals surface area contributed by atoms with E-state index in [-0.39, 0.29) is 65.6 Å². The van der Waals surface area contributed by atoms with Crippen molar-refractivity contribution in [3.05, 3.63) is 0 Å². The van der Waals surface area contributed by atoms with Crippen LogP contribution < -0.4 is 5.32 Å². The van der Waals surface area contributed by atoms with Crippen molar-refractivity contribution in [2.24, 2.45) is 22.7 Å². The second kappa shape index (κ2) is 13.5. The van der Waals surface area contributed by atoms with Gasteiger partial charge in [0.25, 0.3) is 0 Å². The predicted molar refractivity (Wildman–Crippen MR) is 158 cm³/mol. The van der Waals surface area contributed by atoms with E-state index in [2.05, 4.69) is 24.1 Å². The van der Waals surface area contributed by atoms with Crippen LogP contribution in [0.3, 0.4) is 0 Å². The molecule has 2 aliphatic heterocycles. The first-order chi connectivity index (χ1) is 19.2. The number of methoxy groups -OCH3 is 1. The number of ether oxygens (including phenoxy) is 2. The van der Waals surface area contributed by atoms with Gasteiger partial charge in [-0.15, -0.1) is 23.2 Å². The maximum atomic E-state index is 14.5. The molecule has 3 amide bonds. The van der Waals surface area contributed by atoms with E-state index in [1.54, 1.807) is 12.0 Å².